The molecule has 0 aliphatic carbocycles. The standard InChI is InChI=1S/C16H20O4S/c1-19-13-6-11(7-14(10-13)20-2)12-8-15-4-3-5-16(9-12)21(15,17)18/h6-8,10,15-16H,3-5,9H2,1-2H3. The number of hydrogen-bond acceptors (Lipinski definition) is 4. The Morgan fingerprint density at radius 2 is 1.71 bits per heavy atom. The molecule has 1 aromatic carbocycles. The van der Waals surface area contributed by atoms with Crippen molar-refractivity contribution >= 4 is 15.4 Å². The van der Waals surface area contributed by atoms with E-state index in [1.165, 1.54) is 0 Å². The molecule has 1 saturated heterocycles. The average molecular weight is 308 g/mol. The van der Waals surface area contributed by atoms with Crippen molar-refractivity contribution in [3.05, 3.63) is 29.8 Å². The molecule has 1 aromatic rings. The minimum Gasteiger partial charge on any atom is -0.497 e. The molecule has 2 aliphatic rings. The van der Waals surface area contributed by atoms with Crippen LogP contribution in [-0.2, 0) is 9.84 Å². The molecule has 0 radical (unpaired) electrons. The van der Waals surface area contributed by atoms with Crippen LogP contribution in [-0.4, -0.2) is 33.1 Å². The quantitative estimate of drug-likeness (QED) is 0.861. The lowest BCUT2D eigenvalue weighted by atomic mass is 9.93. The summed E-state index contributed by atoms with van der Waals surface area (Å²) >= 11 is 0. The maximum Gasteiger partial charge on any atom is 0.159 e. The number of benzene rings is 1. The molecule has 114 valence electrons. The Morgan fingerprint density at radius 3 is 2.29 bits per heavy atom. The van der Waals surface area contributed by atoms with E-state index in [4.69, 9.17) is 9.47 Å². The Labute approximate surface area is 125 Å². The SMILES string of the molecule is COc1cc(OC)cc(C2=CC3CCCC(C2)S3(=O)=O)c1. The summed E-state index contributed by atoms with van der Waals surface area (Å²) in [7, 11) is 0.259. The van der Waals surface area contributed by atoms with Gasteiger partial charge in [-0.3, -0.25) is 0 Å². The normalized spacial score (nSPS) is 26.9. The zero-order chi connectivity index (χ0) is 15.0. The van der Waals surface area contributed by atoms with Gasteiger partial charge in [0.25, 0.3) is 0 Å². The van der Waals surface area contributed by atoms with Crippen LogP contribution in [0.3, 0.4) is 0 Å². The highest BCUT2D eigenvalue weighted by molar-refractivity contribution is 7.93. The van der Waals surface area contributed by atoms with Gasteiger partial charge in [0.1, 0.15) is 11.5 Å². The molecule has 0 N–H and O–H groups in total. The van der Waals surface area contributed by atoms with Crippen molar-refractivity contribution in [2.45, 2.75) is 36.2 Å². The third-order valence-corrected chi connectivity index (χ3v) is 7.01. The zero-order valence-electron chi connectivity index (χ0n) is 12.3. The van der Waals surface area contributed by atoms with Crippen LogP contribution in [0.4, 0.5) is 0 Å². The lowest BCUT2D eigenvalue weighted by Gasteiger charge is -2.33. The Kier molecular flexibility index (Phi) is 3.69. The van der Waals surface area contributed by atoms with Crippen LogP contribution < -0.4 is 9.47 Å². The summed E-state index contributed by atoms with van der Waals surface area (Å²) in [4.78, 5) is 0. The fraction of sp³-hybridized carbons (Fsp3) is 0.500. The summed E-state index contributed by atoms with van der Waals surface area (Å²) in [5.74, 6) is 1.45. The van der Waals surface area contributed by atoms with E-state index >= 15 is 0 Å². The highest BCUT2D eigenvalue weighted by Crippen LogP contribution is 2.40. The second kappa shape index (κ2) is 5.37. The molecule has 4 nitrogen and oxygen atoms in total. The maximum atomic E-state index is 12.3. The second-order valence-corrected chi connectivity index (χ2v) is 8.13. The topological polar surface area (TPSA) is 52.6 Å². The fourth-order valence-corrected chi connectivity index (χ4v) is 5.51. The van der Waals surface area contributed by atoms with Gasteiger partial charge in [0.15, 0.2) is 9.84 Å². The van der Waals surface area contributed by atoms with Crippen LogP contribution >= 0.6 is 0 Å². The molecular weight excluding hydrogens is 288 g/mol. The predicted octanol–water partition coefficient (Wildman–Crippen LogP) is 2.83. The van der Waals surface area contributed by atoms with Gasteiger partial charge >= 0.3 is 0 Å². The summed E-state index contributed by atoms with van der Waals surface area (Å²) < 4.78 is 35.2. The number of rotatable bonds is 3. The van der Waals surface area contributed by atoms with E-state index in [1.54, 1.807) is 14.2 Å². The molecule has 5 heteroatoms. The number of ether oxygens (including phenoxy) is 2. The van der Waals surface area contributed by atoms with Crippen LogP contribution in [0.25, 0.3) is 5.57 Å². The third kappa shape index (κ3) is 2.55. The summed E-state index contributed by atoms with van der Waals surface area (Å²) in [5, 5.41) is -0.550. The van der Waals surface area contributed by atoms with Crippen LogP contribution in [0, 0.1) is 0 Å². The van der Waals surface area contributed by atoms with Crippen molar-refractivity contribution < 1.29 is 17.9 Å². The minimum absolute atomic E-state index is 0.228. The molecule has 1 fully saturated rings. The van der Waals surface area contributed by atoms with Crippen molar-refractivity contribution in [2.24, 2.45) is 0 Å². The Hall–Kier alpha value is -1.49. The average Bonchev–Trinajstić information content (AvgIpc) is 2.45. The molecule has 2 aliphatic heterocycles. The molecule has 0 aromatic heterocycles. The fourth-order valence-electron chi connectivity index (χ4n) is 3.26. The van der Waals surface area contributed by atoms with E-state index in [0.29, 0.717) is 6.42 Å². The molecular formula is C16H20O4S. The molecule has 2 bridgehead atoms. The van der Waals surface area contributed by atoms with E-state index < -0.39 is 9.84 Å². The first kappa shape index (κ1) is 14.4. The molecule has 21 heavy (non-hydrogen) atoms. The predicted molar refractivity (Wildman–Crippen MR) is 82.5 cm³/mol. The number of hydrogen-bond donors (Lipinski definition) is 0. The van der Waals surface area contributed by atoms with E-state index in [-0.39, 0.29) is 10.5 Å². The highest BCUT2D eigenvalue weighted by atomic mass is 32.2. The van der Waals surface area contributed by atoms with E-state index in [2.05, 4.69) is 0 Å². The second-order valence-electron chi connectivity index (χ2n) is 5.68. The van der Waals surface area contributed by atoms with Crippen LogP contribution in [0.5, 0.6) is 11.5 Å². The third-order valence-electron chi connectivity index (χ3n) is 4.46. The van der Waals surface area contributed by atoms with Gasteiger partial charge in [-0.25, -0.2) is 8.42 Å². The largest absolute Gasteiger partial charge is 0.497 e. The van der Waals surface area contributed by atoms with Crippen molar-refractivity contribution in [1.29, 1.82) is 0 Å². The first-order valence-electron chi connectivity index (χ1n) is 7.21. The van der Waals surface area contributed by atoms with Crippen molar-refractivity contribution in [3.8, 4) is 11.5 Å². The lowest BCUT2D eigenvalue weighted by molar-refractivity contribution is 0.394. The Balaban J connectivity index is 2.03. The number of fused-ring (bicyclic) bond motifs is 2. The van der Waals surface area contributed by atoms with Crippen LogP contribution in [0.2, 0.25) is 0 Å². The smallest absolute Gasteiger partial charge is 0.159 e. The molecule has 2 heterocycles. The molecule has 2 unspecified atom stereocenters. The molecule has 0 amide bonds. The summed E-state index contributed by atoms with van der Waals surface area (Å²) in [6.45, 7) is 0. The summed E-state index contributed by atoms with van der Waals surface area (Å²) in [6.07, 6.45) is 5.04. The number of methoxy groups -OCH3 is 2. The van der Waals surface area contributed by atoms with Crippen LogP contribution in [0.15, 0.2) is 24.3 Å². The van der Waals surface area contributed by atoms with Gasteiger partial charge in [0.05, 0.1) is 24.7 Å². The van der Waals surface area contributed by atoms with Gasteiger partial charge in [-0.1, -0.05) is 12.5 Å². The summed E-state index contributed by atoms with van der Waals surface area (Å²) in [5.41, 5.74) is 2.09. The minimum atomic E-state index is -2.98. The van der Waals surface area contributed by atoms with Crippen LogP contribution in [0.1, 0.15) is 31.2 Å². The van der Waals surface area contributed by atoms with Gasteiger partial charge in [-0.2, -0.15) is 0 Å². The van der Waals surface area contributed by atoms with Gasteiger partial charge in [-0.05, 0) is 42.5 Å². The molecule has 3 rings (SSSR count). The van der Waals surface area contributed by atoms with E-state index in [0.717, 1.165) is 41.9 Å². The van der Waals surface area contributed by atoms with Crippen molar-refractivity contribution in [3.63, 3.8) is 0 Å². The Morgan fingerprint density at radius 1 is 1.05 bits per heavy atom. The van der Waals surface area contributed by atoms with Gasteiger partial charge in [0.2, 0.25) is 0 Å². The molecule has 0 saturated carbocycles. The van der Waals surface area contributed by atoms with Gasteiger partial charge in [-0.15, -0.1) is 0 Å². The molecule has 0 spiro atoms. The number of sulfone groups is 1. The van der Waals surface area contributed by atoms with Crippen molar-refractivity contribution in [2.75, 3.05) is 14.2 Å². The van der Waals surface area contributed by atoms with Gasteiger partial charge in [0, 0.05) is 6.07 Å². The Bertz CT molecular complexity index is 653. The van der Waals surface area contributed by atoms with E-state index in [1.807, 2.05) is 24.3 Å². The zero-order valence-corrected chi connectivity index (χ0v) is 13.2. The first-order chi connectivity index (χ1) is 10.0. The first-order valence-corrected chi connectivity index (χ1v) is 8.82. The number of allylic oxidation sites excluding steroid dienone is 1. The van der Waals surface area contributed by atoms with Gasteiger partial charge < -0.3 is 9.47 Å². The van der Waals surface area contributed by atoms with Crippen molar-refractivity contribution in [1.82, 2.24) is 0 Å². The van der Waals surface area contributed by atoms with E-state index in [9.17, 15) is 8.42 Å². The lowest BCUT2D eigenvalue weighted by Crippen LogP contribution is -2.38. The maximum absolute atomic E-state index is 12.3. The monoisotopic (exact) mass is 308 g/mol. The highest BCUT2D eigenvalue weighted by Gasteiger charge is 2.40. The summed E-state index contributed by atoms with van der Waals surface area (Å²) in [6, 6.07) is 5.72. The molecule has 2 atom stereocenters.